The molecule has 0 atom stereocenters. The van der Waals surface area contributed by atoms with Crippen molar-refractivity contribution in [2.24, 2.45) is 0 Å². The lowest BCUT2D eigenvalue weighted by atomic mass is 10.2. The van der Waals surface area contributed by atoms with Crippen LogP contribution in [0.5, 0.6) is 0 Å². The number of anilines is 1. The van der Waals surface area contributed by atoms with Crippen molar-refractivity contribution in [3.63, 3.8) is 0 Å². The van der Waals surface area contributed by atoms with Crippen LogP contribution >= 0.6 is 11.3 Å². The number of hydrogen-bond acceptors (Lipinski definition) is 4. The van der Waals surface area contributed by atoms with Gasteiger partial charge in [-0.25, -0.2) is 9.78 Å². The maximum atomic E-state index is 13.1. The first kappa shape index (κ1) is 21.2. The molecule has 0 unspecified atom stereocenters. The third-order valence-corrected chi connectivity index (χ3v) is 6.85. The van der Waals surface area contributed by atoms with Gasteiger partial charge in [0.1, 0.15) is 5.01 Å². The molecule has 1 aromatic heterocycles. The fraction of sp³-hybridized carbons (Fsp3) is 0.192. The van der Waals surface area contributed by atoms with Crippen molar-refractivity contribution in [2.75, 3.05) is 31.5 Å². The molecule has 1 N–H and O–H groups in total. The molecule has 3 aromatic carbocycles. The Labute approximate surface area is 196 Å². The summed E-state index contributed by atoms with van der Waals surface area (Å²) in [5, 5.41) is 3.95. The van der Waals surface area contributed by atoms with Crippen LogP contribution in [0.4, 0.5) is 10.5 Å². The van der Waals surface area contributed by atoms with Gasteiger partial charge < -0.3 is 15.1 Å². The van der Waals surface area contributed by atoms with Crippen LogP contribution in [0.1, 0.15) is 16.8 Å². The van der Waals surface area contributed by atoms with E-state index in [1.807, 2.05) is 77.7 Å². The molecule has 4 aromatic rings. The maximum Gasteiger partial charge on any atom is 0.321 e. The smallest absolute Gasteiger partial charge is 0.321 e. The lowest BCUT2D eigenvalue weighted by Crippen LogP contribution is -2.39. The van der Waals surface area contributed by atoms with Crippen LogP contribution in [-0.2, 0) is 0 Å². The number of urea groups is 1. The summed E-state index contributed by atoms with van der Waals surface area (Å²) in [6, 6.07) is 24.9. The average molecular weight is 457 g/mol. The molecule has 0 radical (unpaired) electrons. The second-order valence-electron chi connectivity index (χ2n) is 7.96. The first-order chi connectivity index (χ1) is 16.2. The first-order valence-corrected chi connectivity index (χ1v) is 11.9. The van der Waals surface area contributed by atoms with Gasteiger partial charge in [0.2, 0.25) is 0 Å². The Morgan fingerprint density at radius 1 is 0.788 bits per heavy atom. The van der Waals surface area contributed by atoms with E-state index in [1.165, 1.54) is 0 Å². The number of benzene rings is 3. The number of nitrogens with zero attached hydrogens (tertiary/aromatic N) is 3. The van der Waals surface area contributed by atoms with Crippen molar-refractivity contribution in [1.29, 1.82) is 0 Å². The fourth-order valence-electron chi connectivity index (χ4n) is 4.05. The quantitative estimate of drug-likeness (QED) is 0.452. The number of rotatable bonds is 3. The van der Waals surface area contributed by atoms with E-state index in [0.717, 1.165) is 32.9 Å². The van der Waals surface area contributed by atoms with Crippen LogP contribution in [0.15, 0.2) is 78.9 Å². The summed E-state index contributed by atoms with van der Waals surface area (Å²) in [5.74, 6) is 0.0130. The van der Waals surface area contributed by atoms with Gasteiger partial charge in [-0.2, -0.15) is 0 Å². The van der Waals surface area contributed by atoms with Crippen molar-refractivity contribution in [3.8, 4) is 10.6 Å². The number of amides is 3. The third kappa shape index (κ3) is 4.59. The highest BCUT2D eigenvalue weighted by molar-refractivity contribution is 7.21. The SMILES string of the molecule is O=C(Nc1ccccc1-c1nc2ccccc2s1)N1CCCN(C(=O)c2ccccc2)CC1. The molecule has 166 valence electrons. The van der Waals surface area contributed by atoms with Gasteiger partial charge in [-0.15, -0.1) is 11.3 Å². The number of fused-ring (bicyclic) bond motifs is 1. The van der Waals surface area contributed by atoms with E-state index in [1.54, 1.807) is 16.2 Å². The largest absolute Gasteiger partial charge is 0.337 e. The van der Waals surface area contributed by atoms with E-state index in [4.69, 9.17) is 4.98 Å². The summed E-state index contributed by atoms with van der Waals surface area (Å²) in [7, 11) is 0. The van der Waals surface area contributed by atoms with Crippen LogP contribution in [-0.4, -0.2) is 52.9 Å². The highest BCUT2D eigenvalue weighted by atomic mass is 32.1. The van der Waals surface area contributed by atoms with Gasteiger partial charge in [0.05, 0.1) is 15.9 Å². The maximum absolute atomic E-state index is 13.1. The molecule has 0 aliphatic carbocycles. The predicted molar refractivity (Wildman–Crippen MR) is 133 cm³/mol. The van der Waals surface area contributed by atoms with E-state index in [0.29, 0.717) is 31.7 Å². The van der Waals surface area contributed by atoms with Crippen LogP contribution in [0.25, 0.3) is 20.8 Å². The zero-order valence-corrected chi connectivity index (χ0v) is 18.9. The van der Waals surface area contributed by atoms with E-state index < -0.39 is 0 Å². The summed E-state index contributed by atoms with van der Waals surface area (Å²) in [6.07, 6.45) is 0.742. The van der Waals surface area contributed by atoms with Crippen molar-refractivity contribution in [1.82, 2.24) is 14.8 Å². The number of aromatic nitrogens is 1. The Morgan fingerprint density at radius 2 is 1.48 bits per heavy atom. The topological polar surface area (TPSA) is 65.5 Å². The molecular formula is C26H24N4O2S. The van der Waals surface area contributed by atoms with Crippen LogP contribution in [0.2, 0.25) is 0 Å². The summed E-state index contributed by atoms with van der Waals surface area (Å²) in [6.45, 7) is 2.25. The number of hydrogen-bond donors (Lipinski definition) is 1. The third-order valence-electron chi connectivity index (χ3n) is 5.78. The molecule has 0 saturated carbocycles. The van der Waals surface area contributed by atoms with E-state index in [9.17, 15) is 9.59 Å². The van der Waals surface area contributed by atoms with Crippen molar-refractivity contribution < 1.29 is 9.59 Å². The Hall–Kier alpha value is -3.71. The van der Waals surface area contributed by atoms with Gasteiger partial charge in [-0.05, 0) is 42.8 Å². The van der Waals surface area contributed by atoms with Crippen molar-refractivity contribution in [3.05, 3.63) is 84.4 Å². The lowest BCUT2D eigenvalue weighted by Gasteiger charge is -2.23. The second kappa shape index (κ2) is 9.42. The monoisotopic (exact) mass is 456 g/mol. The van der Waals surface area contributed by atoms with E-state index in [2.05, 4.69) is 11.4 Å². The fourth-order valence-corrected chi connectivity index (χ4v) is 5.05. The number of nitrogens with one attached hydrogen (secondary N) is 1. The molecule has 1 saturated heterocycles. The van der Waals surface area contributed by atoms with Gasteiger partial charge >= 0.3 is 6.03 Å². The Balaban J connectivity index is 1.29. The van der Waals surface area contributed by atoms with Gasteiger partial charge in [0.15, 0.2) is 0 Å². The average Bonchev–Trinajstić information content (AvgIpc) is 3.13. The highest BCUT2D eigenvalue weighted by Gasteiger charge is 2.23. The molecule has 33 heavy (non-hydrogen) atoms. The lowest BCUT2D eigenvalue weighted by molar-refractivity contribution is 0.0762. The van der Waals surface area contributed by atoms with Crippen molar-refractivity contribution >= 4 is 39.2 Å². The molecule has 6 nitrogen and oxygen atoms in total. The molecule has 0 bridgehead atoms. The number of para-hydroxylation sites is 2. The highest BCUT2D eigenvalue weighted by Crippen LogP contribution is 2.34. The number of carbonyl (C=O) groups excluding carboxylic acids is 2. The van der Waals surface area contributed by atoms with Crippen molar-refractivity contribution in [2.45, 2.75) is 6.42 Å². The van der Waals surface area contributed by atoms with E-state index >= 15 is 0 Å². The number of thiazole rings is 1. The Morgan fingerprint density at radius 3 is 2.33 bits per heavy atom. The first-order valence-electron chi connectivity index (χ1n) is 11.0. The minimum Gasteiger partial charge on any atom is -0.337 e. The molecule has 5 rings (SSSR count). The minimum absolute atomic E-state index is 0.0130. The van der Waals surface area contributed by atoms with E-state index in [-0.39, 0.29) is 11.9 Å². The van der Waals surface area contributed by atoms with Gasteiger partial charge in [0.25, 0.3) is 5.91 Å². The zero-order valence-electron chi connectivity index (χ0n) is 18.1. The normalized spacial score (nSPS) is 14.2. The van der Waals surface area contributed by atoms with Gasteiger partial charge in [-0.1, -0.05) is 42.5 Å². The Kier molecular flexibility index (Phi) is 6.04. The molecule has 2 heterocycles. The van der Waals surface area contributed by atoms with Crippen LogP contribution in [0, 0.1) is 0 Å². The molecule has 3 amide bonds. The Bertz CT molecular complexity index is 1250. The summed E-state index contributed by atoms with van der Waals surface area (Å²) in [5.41, 5.74) is 3.28. The molecule has 1 aliphatic heterocycles. The molecule has 0 spiro atoms. The zero-order chi connectivity index (χ0) is 22.6. The molecule has 1 aliphatic rings. The predicted octanol–water partition coefficient (Wildman–Crippen LogP) is 5.34. The summed E-state index contributed by atoms with van der Waals surface area (Å²) >= 11 is 1.61. The minimum atomic E-state index is -0.155. The molecule has 7 heteroatoms. The molecular weight excluding hydrogens is 432 g/mol. The standard InChI is InChI=1S/C26H24N4O2S/c31-25(19-9-2-1-3-10-19)29-15-8-16-30(18-17-29)26(32)28-21-12-5-4-11-20(21)24-27-22-13-6-7-14-23(22)33-24/h1-7,9-14H,8,15-18H2,(H,28,32). The van der Waals surface area contributed by atoms with Gasteiger partial charge in [0, 0.05) is 37.3 Å². The summed E-state index contributed by atoms with van der Waals surface area (Å²) in [4.78, 5) is 34.3. The second-order valence-corrected chi connectivity index (χ2v) is 8.99. The van der Waals surface area contributed by atoms with Crippen LogP contribution in [0.3, 0.4) is 0 Å². The van der Waals surface area contributed by atoms with Crippen LogP contribution < -0.4 is 5.32 Å². The summed E-state index contributed by atoms with van der Waals surface area (Å²) < 4.78 is 1.12. The number of carbonyl (C=O) groups is 2. The molecule has 1 fully saturated rings. The van der Waals surface area contributed by atoms with Gasteiger partial charge in [-0.3, -0.25) is 4.79 Å².